The van der Waals surface area contributed by atoms with Crippen LogP contribution >= 0.6 is 0 Å². The highest BCUT2D eigenvalue weighted by atomic mass is 16.5. The van der Waals surface area contributed by atoms with Gasteiger partial charge in [-0.15, -0.1) is 10.2 Å². The van der Waals surface area contributed by atoms with Crippen LogP contribution in [0.4, 0.5) is 11.5 Å². The van der Waals surface area contributed by atoms with Crippen LogP contribution in [0.1, 0.15) is 0 Å². The molecule has 0 radical (unpaired) electrons. The molecule has 0 spiro atoms. The molecule has 0 saturated carbocycles. The second-order valence-corrected chi connectivity index (χ2v) is 6.00. The van der Waals surface area contributed by atoms with Crippen molar-refractivity contribution in [3.05, 3.63) is 72.8 Å². The Labute approximate surface area is 157 Å². The van der Waals surface area contributed by atoms with E-state index < -0.39 is 0 Å². The lowest BCUT2D eigenvalue weighted by molar-refractivity contribution is 0.355. The van der Waals surface area contributed by atoms with E-state index in [1.54, 1.807) is 14.2 Å². The number of benzene rings is 3. The van der Waals surface area contributed by atoms with Crippen LogP contribution in [0.25, 0.3) is 22.0 Å². The zero-order chi connectivity index (χ0) is 18.6. The molecule has 0 amide bonds. The van der Waals surface area contributed by atoms with Crippen LogP contribution in [0, 0.1) is 0 Å². The third-order valence-electron chi connectivity index (χ3n) is 4.38. The van der Waals surface area contributed by atoms with E-state index >= 15 is 0 Å². The van der Waals surface area contributed by atoms with E-state index in [0.29, 0.717) is 17.3 Å². The molecular weight excluding hydrogens is 338 g/mol. The van der Waals surface area contributed by atoms with Crippen LogP contribution < -0.4 is 14.8 Å². The standard InChI is InChI=1S/C22H19N3O2/c1-26-19-13-12-16(14-20(19)27-2)23-22-18-11-7-6-10-17(18)21(24-25-22)15-8-4-3-5-9-15/h3-14H,1-2H3,(H,23,25). The third kappa shape index (κ3) is 3.27. The molecule has 0 aliphatic rings. The van der Waals surface area contributed by atoms with Crippen molar-refractivity contribution in [2.75, 3.05) is 19.5 Å². The van der Waals surface area contributed by atoms with E-state index in [1.165, 1.54) is 0 Å². The van der Waals surface area contributed by atoms with Crippen LogP contribution in [-0.2, 0) is 0 Å². The number of ether oxygens (including phenoxy) is 2. The molecule has 0 bridgehead atoms. The molecule has 3 aromatic carbocycles. The summed E-state index contributed by atoms with van der Waals surface area (Å²) in [5.74, 6) is 2.02. The lowest BCUT2D eigenvalue weighted by Crippen LogP contribution is -2.00. The summed E-state index contributed by atoms with van der Waals surface area (Å²) < 4.78 is 10.7. The van der Waals surface area contributed by atoms with Gasteiger partial charge in [0.1, 0.15) is 5.69 Å². The van der Waals surface area contributed by atoms with E-state index in [9.17, 15) is 0 Å². The van der Waals surface area contributed by atoms with Gasteiger partial charge in [0.25, 0.3) is 0 Å². The largest absolute Gasteiger partial charge is 0.493 e. The highest BCUT2D eigenvalue weighted by Gasteiger charge is 2.12. The Bertz CT molecular complexity index is 1080. The van der Waals surface area contributed by atoms with Crippen molar-refractivity contribution < 1.29 is 9.47 Å². The van der Waals surface area contributed by atoms with Crippen molar-refractivity contribution in [2.24, 2.45) is 0 Å². The van der Waals surface area contributed by atoms with Gasteiger partial charge in [-0.25, -0.2) is 0 Å². The maximum Gasteiger partial charge on any atom is 0.162 e. The van der Waals surface area contributed by atoms with Gasteiger partial charge in [0, 0.05) is 28.1 Å². The monoisotopic (exact) mass is 357 g/mol. The fourth-order valence-electron chi connectivity index (χ4n) is 3.06. The second kappa shape index (κ2) is 7.33. The quantitative estimate of drug-likeness (QED) is 0.541. The minimum atomic E-state index is 0.653. The summed E-state index contributed by atoms with van der Waals surface area (Å²) in [6.45, 7) is 0. The average molecular weight is 357 g/mol. The van der Waals surface area contributed by atoms with Crippen molar-refractivity contribution in [1.29, 1.82) is 0 Å². The number of methoxy groups -OCH3 is 2. The van der Waals surface area contributed by atoms with Gasteiger partial charge in [-0.3, -0.25) is 0 Å². The number of aromatic nitrogens is 2. The molecule has 1 N–H and O–H groups in total. The zero-order valence-corrected chi connectivity index (χ0v) is 15.1. The van der Waals surface area contributed by atoms with E-state index in [4.69, 9.17) is 9.47 Å². The number of anilines is 2. The molecule has 0 aliphatic heterocycles. The fourth-order valence-corrected chi connectivity index (χ4v) is 3.06. The van der Waals surface area contributed by atoms with Crippen LogP contribution in [0.5, 0.6) is 11.5 Å². The minimum Gasteiger partial charge on any atom is -0.493 e. The Morgan fingerprint density at radius 1 is 0.704 bits per heavy atom. The zero-order valence-electron chi connectivity index (χ0n) is 15.1. The molecule has 1 heterocycles. The second-order valence-electron chi connectivity index (χ2n) is 6.00. The van der Waals surface area contributed by atoms with Gasteiger partial charge in [0.05, 0.1) is 14.2 Å². The Kier molecular flexibility index (Phi) is 4.58. The number of nitrogens with zero attached hydrogens (tertiary/aromatic N) is 2. The predicted molar refractivity (Wildman–Crippen MR) is 108 cm³/mol. The highest BCUT2D eigenvalue weighted by Crippen LogP contribution is 2.34. The number of hydrogen-bond donors (Lipinski definition) is 1. The average Bonchev–Trinajstić information content (AvgIpc) is 2.74. The topological polar surface area (TPSA) is 56.3 Å². The number of fused-ring (bicyclic) bond motifs is 1. The molecule has 0 aliphatic carbocycles. The lowest BCUT2D eigenvalue weighted by atomic mass is 10.0. The van der Waals surface area contributed by atoms with E-state index in [0.717, 1.165) is 27.7 Å². The summed E-state index contributed by atoms with van der Waals surface area (Å²) in [7, 11) is 3.23. The van der Waals surface area contributed by atoms with Crippen LogP contribution in [0.15, 0.2) is 72.8 Å². The van der Waals surface area contributed by atoms with Gasteiger partial charge in [-0.05, 0) is 12.1 Å². The summed E-state index contributed by atoms with van der Waals surface area (Å²) in [5, 5.41) is 14.3. The van der Waals surface area contributed by atoms with E-state index in [-0.39, 0.29) is 0 Å². The predicted octanol–water partition coefficient (Wildman–Crippen LogP) is 5.06. The van der Waals surface area contributed by atoms with Gasteiger partial charge in [-0.2, -0.15) is 0 Å². The summed E-state index contributed by atoms with van der Waals surface area (Å²) in [6.07, 6.45) is 0. The molecule has 4 rings (SSSR count). The molecule has 0 atom stereocenters. The first-order valence-electron chi connectivity index (χ1n) is 8.60. The molecule has 134 valence electrons. The highest BCUT2D eigenvalue weighted by molar-refractivity contribution is 6.00. The van der Waals surface area contributed by atoms with Crippen molar-refractivity contribution in [1.82, 2.24) is 10.2 Å². The van der Waals surface area contributed by atoms with Crippen molar-refractivity contribution in [3.63, 3.8) is 0 Å². The Morgan fingerprint density at radius 2 is 1.41 bits per heavy atom. The van der Waals surface area contributed by atoms with Gasteiger partial charge in [0.15, 0.2) is 17.3 Å². The van der Waals surface area contributed by atoms with Crippen LogP contribution in [0.3, 0.4) is 0 Å². The molecule has 0 unspecified atom stereocenters. The number of rotatable bonds is 5. The molecule has 0 saturated heterocycles. The Hall–Kier alpha value is -3.60. The van der Waals surface area contributed by atoms with Crippen molar-refractivity contribution in [3.8, 4) is 22.8 Å². The molecule has 27 heavy (non-hydrogen) atoms. The van der Waals surface area contributed by atoms with Crippen LogP contribution in [0.2, 0.25) is 0 Å². The molecule has 5 nitrogen and oxygen atoms in total. The first-order chi connectivity index (χ1) is 13.3. The molecule has 1 aromatic heterocycles. The summed E-state index contributed by atoms with van der Waals surface area (Å²) >= 11 is 0. The Balaban J connectivity index is 1.78. The summed E-state index contributed by atoms with van der Waals surface area (Å²) in [4.78, 5) is 0. The third-order valence-corrected chi connectivity index (χ3v) is 4.38. The van der Waals surface area contributed by atoms with Gasteiger partial charge < -0.3 is 14.8 Å². The van der Waals surface area contributed by atoms with Gasteiger partial charge in [0.2, 0.25) is 0 Å². The molecule has 4 aromatic rings. The SMILES string of the molecule is COc1ccc(Nc2nnc(-c3ccccc3)c3ccccc23)cc1OC. The smallest absolute Gasteiger partial charge is 0.162 e. The van der Waals surface area contributed by atoms with Gasteiger partial charge >= 0.3 is 0 Å². The first-order valence-corrected chi connectivity index (χ1v) is 8.60. The maximum absolute atomic E-state index is 5.38. The molecular formula is C22H19N3O2. The Morgan fingerprint density at radius 3 is 2.15 bits per heavy atom. The molecule has 0 fully saturated rings. The number of nitrogens with one attached hydrogen (secondary N) is 1. The first kappa shape index (κ1) is 16.8. The normalized spacial score (nSPS) is 10.6. The molecule has 5 heteroatoms. The fraction of sp³-hybridized carbons (Fsp3) is 0.0909. The van der Waals surface area contributed by atoms with Crippen molar-refractivity contribution in [2.45, 2.75) is 0 Å². The van der Waals surface area contributed by atoms with E-state index in [1.807, 2.05) is 66.7 Å². The summed E-state index contributed by atoms with van der Waals surface area (Å²) in [6, 6.07) is 23.8. The lowest BCUT2D eigenvalue weighted by Gasteiger charge is -2.13. The minimum absolute atomic E-state index is 0.653. The summed E-state index contributed by atoms with van der Waals surface area (Å²) in [5.41, 5.74) is 2.75. The van der Waals surface area contributed by atoms with Crippen molar-refractivity contribution >= 4 is 22.3 Å². The van der Waals surface area contributed by atoms with Gasteiger partial charge in [-0.1, -0.05) is 54.6 Å². The van der Waals surface area contributed by atoms with Crippen LogP contribution in [-0.4, -0.2) is 24.4 Å². The maximum atomic E-state index is 5.38. The van der Waals surface area contributed by atoms with E-state index in [2.05, 4.69) is 21.6 Å². The number of hydrogen-bond acceptors (Lipinski definition) is 5.